The van der Waals surface area contributed by atoms with E-state index in [2.05, 4.69) is 10.6 Å². The number of carbonyl (C=O) groups is 3. The molecule has 26 heavy (non-hydrogen) atoms. The van der Waals surface area contributed by atoms with Gasteiger partial charge in [0.25, 0.3) is 11.8 Å². The first-order chi connectivity index (χ1) is 12.4. The van der Waals surface area contributed by atoms with Gasteiger partial charge in [0.05, 0.1) is 0 Å². The van der Waals surface area contributed by atoms with Crippen molar-refractivity contribution in [2.75, 3.05) is 11.9 Å². The quantitative estimate of drug-likeness (QED) is 0.761. The van der Waals surface area contributed by atoms with E-state index in [0.717, 1.165) is 5.56 Å². The van der Waals surface area contributed by atoms with E-state index in [1.54, 1.807) is 55.5 Å². The second kappa shape index (κ2) is 9.01. The maximum Gasteiger partial charge on any atom is 0.326 e. The molecule has 136 valence electrons. The number of carbonyl (C=O) groups excluding carboxylic acids is 3. The highest BCUT2D eigenvalue weighted by atomic mass is 35.5. The van der Waals surface area contributed by atoms with E-state index >= 15 is 0 Å². The predicted octanol–water partition coefficient (Wildman–Crippen LogP) is 2.95. The fourth-order valence-electron chi connectivity index (χ4n) is 2.11. The summed E-state index contributed by atoms with van der Waals surface area (Å²) in [4.78, 5) is 35.9. The van der Waals surface area contributed by atoms with Crippen LogP contribution in [-0.2, 0) is 14.3 Å². The lowest BCUT2D eigenvalue weighted by molar-refractivity contribution is -0.152. The summed E-state index contributed by atoms with van der Waals surface area (Å²) in [5, 5.41) is 5.63. The van der Waals surface area contributed by atoms with Crippen molar-refractivity contribution in [1.29, 1.82) is 0 Å². The molecule has 0 saturated carbocycles. The van der Waals surface area contributed by atoms with Crippen LogP contribution in [-0.4, -0.2) is 30.4 Å². The van der Waals surface area contributed by atoms with Crippen molar-refractivity contribution in [3.63, 3.8) is 0 Å². The van der Waals surface area contributed by atoms with Gasteiger partial charge in [0.15, 0.2) is 6.10 Å². The van der Waals surface area contributed by atoms with Crippen LogP contribution < -0.4 is 10.6 Å². The first-order valence-corrected chi connectivity index (χ1v) is 8.35. The van der Waals surface area contributed by atoms with Crippen molar-refractivity contribution < 1.29 is 19.1 Å². The number of anilines is 1. The summed E-state index contributed by atoms with van der Waals surface area (Å²) in [7, 11) is 0. The van der Waals surface area contributed by atoms with E-state index < -0.39 is 23.9 Å². The van der Waals surface area contributed by atoms with Gasteiger partial charge in [-0.2, -0.15) is 0 Å². The van der Waals surface area contributed by atoms with Gasteiger partial charge in [0.2, 0.25) is 0 Å². The average Bonchev–Trinajstić information content (AvgIpc) is 2.64. The lowest BCUT2D eigenvalue weighted by Crippen LogP contribution is -2.35. The molecule has 0 aromatic heterocycles. The van der Waals surface area contributed by atoms with Gasteiger partial charge in [-0.05, 0) is 43.7 Å². The summed E-state index contributed by atoms with van der Waals surface area (Å²) in [6, 6.07) is 13.6. The molecule has 0 spiro atoms. The molecule has 2 rings (SSSR count). The van der Waals surface area contributed by atoms with Gasteiger partial charge in [0, 0.05) is 16.3 Å². The minimum Gasteiger partial charge on any atom is -0.451 e. The third kappa shape index (κ3) is 5.32. The van der Waals surface area contributed by atoms with Crippen LogP contribution in [0.3, 0.4) is 0 Å². The standard InChI is InChI=1S/C19H19ClN2O4/c1-12-15(20)9-6-10-16(12)22-18(24)13(2)26-17(23)11-21-19(25)14-7-4-3-5-8-14/h3-10,13H,11H2,1-2H3,(H,21,25)(H,22,24). The molecule has 7 heteroatoms. The summed E-state index contributed by atoms with van der Waals surface area (Å²) in [6.45, 7) is 2.89. The number of nitrogens with one attached hydrogen (secondary N) is 2. The Morgan fingerprint density at radius 3 is 2.46 bits per heavy atom. The second-order valence-electron chi connectivity index (χ2n) is 5.58. The van der Waals surface area contributed by atoms with Crippen molar-refractivity contribution in [2.45, 2.75) is 20.0 Å². The topological polar surface area (TPSA) is 84.5 Å². The Morgan fingerprint density at radius 1 is 1.08 bits per heavy atom. The molecule has 1 atom stereocenters. The lowest BCUT2D eigenvalue weighted by Gasteiger charge is -2.15. The van der Waals surface area contributed by atoms with Gasteiger partial charge in [-0.3, -0.25) is 14.4 Å². The van der Waals surface area contributed by atoms with Crippen LogP contribution in [0, 0.1) is 6.92 Å². The monoisotopic (exact) mass is 374 g/mol. The van der Waals surface area contributed by atoms with Crippen molar-refractivity contribution >= 4 is 35.1 Å². The first kappa shape index (κ1) is 19.5. The number of hydrogen-bond donors (Lipinski definition) is 2. The van der Waals surface area contributed by atoms with Gasteiger partial charge < -0.3 is 15.4 Å². The number of hydrogen-bond acceptors (Lipinski definition) is 4. The Bertz CT molecular complexity index is 808. The molecule has 0 aliphatic carbocycles. The zero-order valence-electron chi connectivity index (χ0n) is 14.4. The highest BCUT2D eigenvalue weighted by Gasteiger charge is 2.19. The van der Waals surface area contributed by atoms with Gasteiger partial charge in [-0.25, -0.2) is 0 Å². The number of amides is 2. The van der Waals surface area contributed by atoms with Crippen LogP contribution in [0.1, 0.15) is 22.8 Å². The van der Waals surface area contributed by atoms with E-state index in [1.807, 2.05) is 0 Å². The average molecular weight is 375 g/mol. The molecule has 0 saturated heterocycles. The summed E-state index contributed by atoms with van der Waals surface area (Å²) in [5.41, 5.74) is 1.70. The summed E-state index contributed by atoms with van der Waals surface area (Å²) < 4.78 is 5.04. The molecule has 0 aliphatic rings. The van der Waals surface area contributed by atoms with Crippen LogP contribution >= 0.6 is 11.6 Å². The molecular weight excluding hydrogens is 356 g/mol. The van der Waals surface area contributed by atoms with Crippen LogP contribution in [0.25, 0.3) is 0 Å². The fraction of sp³-hybridized carbons (Fsp3) is 0.211. The Labute approximate surface area is 156 Å². The maximum atomic E-state index is 12.2. The largest absolute Gasteiger partial charge is 0.451 e. The van der Waals surface area contributed by atoms with Gasteiger partial charge >= 0.3 is 5.97 Å². The van der Waals surface area contributed by atoms with E-state index in [4.69, 9.17) is 16.3 Å². The molecule has 0 radical (unpaired) electrons. The zero-order chi connectivity index (χ0) is 19.1. The zero-order valence-corrected chi connectivity index (χ0v) is 15.2. The molecule has 2 N–H and O–H groups in total. The summed E-state index contributed by atoms with van der Waals surface area (Å²) in [5.74, 6) is -1.59. The van der Waals surface area contributed by atoms with E-state index in [9.17, 15) is 14.4 Å². The number of benzene rings is 2. The van der Waals surface area contributed by atoms with Crippen molar-refractivity contribution in [3.05, 3.63) is 64.7 Å². The molecular formula is C19H19ClN2O4. The molecule has 0 fully saturated rings. The Balaban J connectivity index is 1.83. The minimum absolute atomic E-state index is 0.332. The van der Waals surface area contributed by atoms with Crippen molar-refractivity contribution in [1.82, 2.24) is 5.32 Å². The molecule has 0 heterocycles. The van der Waals surface area contributed by atoms with Crippen LogP contribution in [0.15, 0.2) is 48.5 Å². The molecule has 0 bridgehead atoms. The first-order valence-electron chi connectivity index (χ1n) is 7.97. The molecule has 2 aromatic carbocycles. The number of ether oxygens (including phenoxy) is 1. The van der Waals surface area contributed by atoms with Crippen LogP contribution in [0.4, 0.5) is 5.69 Å². The minimum atomic E-state index is -1.02. The Kier molecular flexibility index (Phi) is 6.74. The highest BCUT2D eigenvalue weighted by Crippen LogP contribution is 2.23. The molecule has 2 aromatic rings. The predicted molar refractivity (Wildman–Crippen MR) is 99.1 cm³/mol. The smallest absolute Gasteiger partial charge is 0.326 e. The maximum absolute atomic E-state index is 12.2. The molecule has 2 amide bonds. The molecule has 1 unspecified atom stereocenters. The molecule has 6 nitrogen and oxygen atoms in total. The summed E-state index contributed by atoms with van der Waals surface area (Å²) >= 11 is 6.01. The Morgan fingerprint density at radius 2 is 1.77 bits per heavy atom. The SMILES string of the molecule is Cc1c(Cl)cccc1NC(=O)C(C)OC(=O)CNC(=O)c1ccccc1. The van der Waals surface area contributed by atoms with Gasteiger partial charge in [-0.1, -0.05) is 35.9 Å². The third-order valence-corrected chi connectivity index (χ3v) is 4.04. The third-order valence-electron chi connectivity index (χ3n) is 3.63. The van der Waals surface area contributed by atoms with Crippen LogP contribution in [0.5, 0.6) is 0 Å². The number of halogens is 1. The lowest BCUT2D eigenvalue weighted by atomic mass is 10.2. The van der Waals surface area contributed by atoms with Crippen LogP contribution in [0.2, 0.25) is 5.02 Å². The van der Waals surface area contributed by atoms with E-state index in [0.29, 0.717) is 16.3 Å². The normalized spacial score (nSPS) is 11.3. The number of rotatable bonds is 6. The molecule has 0 aliphatic heterocycles. The highest BCUT2D eigenvalue weighted by molar-refractivity contribution is 6.31. The van der Waals surface area contributed by atoms with Crippen molar-refractivity contribution in [3.8, 4) is 0 Å². The van der Waals surface area contributed by atoms with E-state index in [1.165, 1.54) is 6.92 Å². The second-order valence-corrected chi connectivity index (χ2v) is 5.99. The van der Waals surface area contributed by atoms with Gasteiger partial charge in [-0.15, -0.1) is 0 Å². The summed E-state index contributed by atoms with van der Waals surface area (Å²) in [6.07, 6.45) is -1.02. The number of esters is 1. The van der Waals surface area contributed by atoms with E-state index in [-0.39, 0.29) is 6.54 Å². The Hall–Kier alpha value is -2.86. The van der Waals surface area contributed by atoms with Crippen molar-refractivity contribution in [2.24, 2.45) is 0 Å². The van der Waals surface area contributed by atoms with Gasteiger partial charge in [0.1, 0.15) is 6.54 Å². The fourth-order valence-corrected chi connectivity index (χ4v) is 2.29.